The fourth-order valence-corrected chi connectivity index (χ4v) is 3.14. The zero-order chi connectivity index (χ0) is 20.0. The number of hydrogen-bond acceptors (Lipinski definition) is 7. The molecule has 4 N–H and O–H groups in total. The summed E-state index contributed by atoms with van der Waals surface area (Å²) in [6.07, 6.45) is 0. The van der Waals surface area contributed by atoms with Crippen LogP contribution in [0.2, 0.25) is 0 Å². The first kappa shape index (κ1) is 19.8. The van der Waals surface area contributed by atoms with Crippen LogP contribution in [-0.4, -0.2) is 29.6 Å². The number of carbonyl (C=O) groups is 2. The lowest BCUT2D eigenvalue weighted by molar-refractivity contribution is -0.116. The van der Waals surface area contributed by atoms with Gasteiger partial charge in [-0.25, -0.2) is 4.98 Å². The van der Waals surface area contributed by atoms with Crippen LogP contribution in [0, 0.1) is 22.7 Å². The number of hydrogen-bond donors (Lipinski definition) is 3. The number of nitrogens with two attached hydrogens (primary N) is 1. The van der Waals surface area contributed by atoms with E-state index < -0.39 is 5.91 Å². The minimum atomic E-state index is -0.540. The van der Waals surface area contributed by atoms with Crippen molar-refractivity contribution in [2.75, 3.05) is 23.4 Å². The molecule has 2 aromatic rings. The summed E-state index contributed by atoms with van der Waals surface area (Å²) in [5.41, 5.74) is 7.19. The Bertz CT molecular complexity index is 973. The molecule has 0 bridgehead atoms. The molecule has 0 saturated carbocycles. The Labute approximate surface area is 160 Å². The molecule has 136 valence electrons. The second kappa shape index (κ2) is 8.70. The highest BCUT2D eigenvalue weighted by atomic mass is 32.2. The molecule has 2 rings (SSSR count). The van der Waals surface area contributed by atoms with Gasteiger partial charge in [0.2, 0.25) is 11.8 Å². The van der Waals surface area contributed by atoms with E-state index in [9.17, 15) is 20.1 Å². The summed E-state index contributed by atoms with van der Waals surface area (Å²) in [5, 5.41) is 25.1. The maximum atomic E-state index is 11.2. The molecule has 27 heavy (non-hydrogen) atoms. The first-order valence-electron chi connectivity index (χ1n) is 7.76. The number of carbonyl (C=O) groups excluding carboxylic acids is 2. The summed E-state index contributed by atoms with van der Waals surface area (Å²) in [5.74, 6) is -0.492. The lowest BCUT2D eigenvalue weighted by Gasteiger charge is -2.14. The number of rotatable bonds is 6. The summed E-state index contributed by atoms with van der Waals surface area (Å²) in [6, 6.07) is 10.9. The maximum Gasteiger partial charge on any atom is 0.227 e. The van der Waals surface area contributed by atoms with Gasteiger partial charge in [-0.05, 0) is 17.7 Å². The molecular weight excluding hydrogens is 364 g/mol. The summed E-state index contributed by atoms with van der Waals surface area (Å²) in [4.78, 5) is 26.6. The highest BCUT2D eigenvalue weighted by molar-refractivity contribution is 8.00. The number of nitrogens with zero attached hydrogens (tertiary/aromatic N) is 3. The lowest BCUT2D eigenvalue weighted by Crippen LogP contribution is -2.14. The van der Waals surface area contributed by atoms with Gasteiger partial charge < -0.3 is 16.4 Å². The van der Waals surface area contributed by atoms with E-state index in [1.165, 1.54) is 6.92 Å². The van der Waals surface area contributed by atoms with Crippen LogP contribution in [0.15, 0.2) is 29.3 Å². The van der Waals surface area contributed by atoms with Gasteiger partial charge in [0.05, 0.1) is 11.3 Å². The average Bonchev–Trinajstić information content (AvgIpc) is 2.65. The van der Waals surface area contributed by atoms with Crippen LogP contribution in [0.5, 0.6) is 0 Å². The molecule has 1 aromatic carbocycles. The number of anilines is 2. The Balaban J connectivity index is 2.66. The predicted molar refractivity (Wildman–Crippen MR) is 103 cm³/mol. The fourth-order valence-electron chi connectivity index (χ4n) is 2.41. The standard InChI is InChI=1S/C18H16N6O2S/c1-10(25)23-12-5-3-11(4-6-12)16-13(7-19)17(22-2)24-18(14(16)8-20)27-9-15(21)26/h3-6H,9H2,1-2H3,(H2,21,26)(H,22,24)(H,23,25). The lowest BCUT2D eigenvalue weighted by atomic mass is 9.96. The van der Waals surface area contributed by atoms with Gasteiger partial charge in [0.25, 0.3) is 0 Å². The Morgan fingerprint density at radius 2 is 1.81 bits per heavy atom. The molecule has 1 heterocycles. The van der Waals surface area contributed by atoms with Gasteiger partial charge in [-0.1, -0.05) is 23.9 Å². The van der Waals surface area contributed by atoms with Crippen LogP contribution in [0.3, 0.4) is 0 Å². The normalized spacial score (nSPS) is 9.78. The third-order valence-corrected chi connectivity index (χ3v) is 4.47. The van der Waals surface area contributed by atoms with Gasteiger partial charge in [0.15, 0.2) is 0 Å². The van der Waals surface area contributed by atoms with Crippen molar-refractivity contribution in [3.8, 4) is 23.3 Å². The third-order valence-electron chi connectivity index (χ3n) is 3.47. The molecule has 0 aliphatic rings. The second-order valence-electron chi connectivity index (χ2n) is 5.38. The van der Waals surface area contributed by atoms with E-state index in [4.69, 9.17) is 5.73 Å². The van der Waals surface area contributed by atoms with Gasteiger partial charge in [-0.2, -0.15) is 10.5 Å². The predicted octanol–water partition coefficient (Wildman–Crippen LogP) is 2.07. The summed E-state index contributed by atoms with van der Waals surface area (Å²) < 4.78 is 0. The quantitative estimate of drug-likeness (QED) is 0.650. The van der Waals surface area contributed by atoms with E-state index in [0.717, 1.165) is 11.8 Å². The van der Waals surface area contributed by atoms with Gasteiger partial charge in [0, 0.05) is 25.2 Å². The molecule has 1 aromatic heterocycles. The van der Waals surface area contributed by atoms with Crippen molar-refractivity contribution in [3.05, 3.63) is 35.4 Å². The van der Waals surface area contributed by atoms with Crippen LogP contribution < -0.4 is 16.4 Å². The van der Waals surface area contributed by atoms with Crippen LogP contribution in [0.1, 0.15) is 18.1 Å². The Hall–Kier alpha value is -3.56. The van der Waals surface area contributed by atoms with Crippen molar-refractivity contribution in [1.82, 2.24) is 4.98 Å². The molecule has 0 aliphatic carbocycles. The fraction of sp³-hybridized carbons (Fsp3) is 0.167. The Morgan fingerprint density at radius 1 is 1.19 bits per heavy atom. The molecule has 0 spiro atoms. The van der Waals surface area contributed by atoms with Crippen LogP contribution in [-0.2, 0) is 9.59 Å². The van der Waals surface area contributed by atoms with E-state index >= 15 is 0 Å². The first-order valence-corrected chi connectivity index (χ1v) is 8.74. The smallest absolute Gasteiger partial charge is 0.227 e. The van der Waals surface area contributed by atoms with E-state index in [1.807, 2.05) is 0 Å². The van der Waals surface area contributed by atoms with E-state index in [2.05, 4.69) is 27.8 Å². The number of aromatic nitrogens is 1. The monoisotopic (exact) mass is 380 g/mol. The number of thioether (sulfide) groups is 1. The summed E-state index contributed by atoms with van der Waals surface area (Å²) in [7, 11) is 1.61. The summed E-state index contributed by atoms with van der Waals surface area (Å²) >= 11 is 1.03. The number of pyridine rings is 1. The molecule has 0 aliphatic heterocycles. The topological polar surface area (TPSA) is 145 Å². The number of nitrogens with one attached hydrogen (secondary N) is 2. The summed E-state index contributed by atoms with van der Waals surface area (Å²) in [6.45, 7) is 1.40. The largest absolute Gasteiger partial charge is 0.372 e. The van der Waals surface area contributed by atoms with Crippen LogP contribution >= 0.6 is 11.8 Å². The second-order valence-corrected chi connectivity index (χ2v) is 6.34. The minimum Gasteiger partial charge on any atom is -0.372 e. The van der Waals surface area contributed by atoms with Crippen molar-refractivity contribution < 1.29 is 9.59 Å². The number of primary amides is 1. The molecule has 0 atom stereocenters. The van der Waals surface area contributed by atoms with Crippen molar-refractivity contribution in [1.29, 1.82) is 10.5 Å². The molecular formula is C18H16N6O2S. The SMILES string of the molecule is CNc1nc(SCC(N)=O)c(C#N)c(-c2ccc(NC(C)=O)cc2)c1C#N. The molecule has 0 unspecified atom stereocenters. The maximum absolute atomic E-state index is 11.2. The van der Waals surface area contributed by atoms with E-state index in [0.29, 0.717) is 27.7 Å². The molecule has 0 saturated heterocycles. The molecule has 2 amide bonds. The zero-order valence-electron chi connectivity index (χ0n) is 14.7. The van der Waals surface area contributed by atoms with Crippen molar-refractivity contribution in [2.24, 2.45) is 5.73 Å². The number of amides is 2. The van der Waals surface area contributed by atoms with E-state index in [-0.39, 0.29) is 22.8 Å². The van der Waals surface area contributed by atoms with Crippen LogP contribution in [0.4, 0.5) is 11.5 Å². The highest BCUT2D eigenvalue weighted by Gasteiger charge is 2.21. The first-order chi connectivity index (χ1) is 12.9. The van der Waals surface area contributed by atoms with Crippen molar-refractivity contribution >= 4 is 35.1 Å². The third kappa shape index (κ3) is 4.54. The molecule has 8 nitrogen and oxygen atoms in total. The van der Waals surface area contributed by atoms with Gasteiger partial charge in [0.1, 0.15) is 28.5 Å². The number of nitriles is 2. The van der Waals surface area contributed by atoms with Gasteiger partial charge in [-0.15, -0.1) is 0 Å². The average molecular weight is 380 g/mol. The molecule has 9 heteroatoms. The van der Waals surface area contributed by atoms with Crippen molar-refractivity contribution in [2.45, 2.75) is 11.9 Å². The minimum absolute atomic E-state index is 0.0440. The Morgan fingerprint density at radius 3 is 2.30 bits per heavy atom. The van der Waals surface area contributed by atoms with Crippen LogP contribution in [0.25, 0.3) is 11.1 Å². The van der Waals surface area contributed by atoms with Crippen molar-refractivity contribution in [3.63, 3.8) is 0 Å². The molecule has 0 radical (unpaired) electrons. The highest BCUT2D eigenvalue weighted by Crippen LogP contribution is 2.36. The Kier molecular flexibility index (Phi) is 6.36. The number of benzene rings is 1. The zero-order valence-corrected chi connectivity index (χ0v) is 15.5. The molecule has 0 fully saturated rings. The van der Waals surface area contributed by atoms with Gasteiger partial charge in [-0.3, -0.25) is 9.59 Å². The van der Waals surface area contributed by atoms with Gasteiger partial charge >= 0.3 is 0 Å². The van der Waals surface area contributed by atoms with E-state index in [1.54, 1.807) is 31.3 Å².